The molecule has 0 aliphatic rings. The van der Waals surface area contributed by atoms with Crippen LogP contribution < -0.4 is 15.5 Å². The van der Waals surface area contributed by atoms with Crippen LogP contribution in [0.5, 0.6) is 5.75 Å². The first-order chi connectivity index (χ1) is 15.1. The van der Waals surface area contributed by atoms with Crippen molar-refractivity contribution in [3.05, 3.63) is 88.8 Å². The Morgan fingerprint density at radius 2 is 1.48 bits per heavy atom. The number of carbonyl (C=O) groups excluding carboxylic acids is 1. The van der Waals surface area contributed by atoms with Crippen LogP contribution in [-0.2, 0) is 11.3 Å². The van der Waals surface area contributed by atoms with Crippen LogP contribution in [0.3, 0.4) is 0 Å². The molecule has 0 aliphatic heterocycles. The molecule has 0 spiro atoms. The summed E-state index contributed by atoms with van der Waals surface area (Å²) in [5.74, 6) is 0.221. The number of rotatable bonds is 8. The molecule has 0 atom stereocenters. The predicted octanol–water partition coefficient (Wildman–Crippen LogP) is 4.27. The fourth-order valence-corrected chi connectivity index (χ4v) is 3.62. The van der Waals surface area contributed by atoms with Gasteiger partial charge in [-0.3, -0.25) is 9.59 Å². The van der Waals surface area contributed by atoms with E-state index in [1.54, 1.807) is 24.3 Å². The molecule has 0 unspecified atom stereocenters. The zero-order valence-corrected chi connectivity index (χ0v) is 17.0. The standard InChI is InChI=1S/C25H23FN2O3/c26-18-11-13-19(14-12-18)31-16-6-5-15-27-24(29)17-28-22-9-3-1-7-20(22)25(30)21-8-2-4-10-23(21)28/h1-4,7-14H,5-6,15-17H2,(H,27,29). The summed E-state index contributed by atoms with van der Waals surface area (Å²) < 4.78 is 20.3. The van der Waals surface area contributed by atoms with Crippen LogP contribution >= 0.6 is 0 Å². The maximum atomic E-state index is 12.9. The molecule has 1 aromatic heterocycles. The Morgan fingerprint density at radius 1 is 0.871 bits per heavy atom. The summed E-state index contributed by atoms with van der Waals surface area (Å²) in [4.78, 5) is 25.4. The lowest BCUT2D eigenvalue weighted by atomic mass is 10.1. The third-order valence-corrected chi connectivity index (χ3v) is 5.16. The highest BCUT2D eigenvalue weighted by Crippen LogP contribution is 2.19. The van der Waals surface area contributed by atoms with Crippen molar-refractivity contribution in [3.8, 4) is 5.75 Å². The van der Waals surface area contributed by atoms with Crippen molar-refractivity contribution in [1.82, 2.24) is 9.88 Å². The molecule has 1 heterocycles. The number of hydrogen-bond donors (Lipinski definition) is 1. The molecule has 0 bridgehead atoms. The largest absolute Gasteiger partial charge is 0.494 e. The SMILES string of the molecule is O=C(Cn1c2ccccc2c(=O)c2ccccc21)NCCCCOc1ccc(F)cc1. The number of amides is 1. The van der Waals surface area contributed by atoms with Crippen molar-refractivity contribution < 1.29 is 13.9 Å². The van der Waals surface area contributed by atoms with E-state index in [1.165, 1.54) is 12.1 Å². The lowest BCUT2D eigenvalue weighted by Crippen LogP contribution is -2.29. The minimum atomic E-state index is -0.293. The third kappa shape index (κ3) is 4.74. The number of para-hydroxylation sites is 2. The molecule has 0 saturated heterocycles. The van der Waals surface area contributed by atoms with Gasteiger partial charge in [-0.2, -0.15) is 0 Å². The van der Waals surface area contributed by atoms with Gasteiger partial charge >= 0.3 is 0 Å². The zero-order valence-electron chi connectivity index (χ0n) is 17.0. The number of pyridine rings is 1. The topological polar surface area (TPSA) is 60.3 Å². The Morgan fingerprint density at radius 3 is 2.13 bits per heavy atom. The average molecular weight is 418 g/mol. The number of fused-ring (bicyclic) bond motifs is 2. The van der Waals surface area contributed by atoms with E-state index in [0.717, 1.165) is 23.9 Å². The summed E-state index contributed by atoms with van der Waals surface area (Å²) in [5.41, 5.74) is 1.46. The molecule has 0 aliphatic carbocycles. The van der Waals surface area contributed by atoms with Gasteiger partial charge in [0.05, 0.1) is 17.6 Å². The second kappa shape index (κ2) is 9.43. The number of hydrogen-bond acceptors (Lipinski definition) is 3. The molecule has 158 valence electrons. The van der Waals surface area contributed by atoms with E-state index in [0.29, 0.717) is 29.7 Å². The first-order valence-electron chi connectivity index (χ1n) is 10.3. The Labute approximate surface area is 179 Å². The average Bonchev–Trinajstić information content (AvgIpc) is 2.80. The number of carbonyl (C=O) groups is 1. The van der Waals surface area contributed by atoms with Gasteiger partial charge in [-0.25, -0.2) is 4.39 Å². The van der Waals surface area contributed by atoms with E-state index in [1.807, 2.05) is 41.0 Å². The minimum absolute atomic E-state index is 0.0241. The van der Waals surface area contributed by atoms with Crippen molar-refractivity contribution in [3.63, 3.8) is 0 Å². The van der Waals surface area contributed by atoms with Crippen LogP contribution in [0.4, 0.5) is 4.39 Å². The van der Waals surface area contributed by atoms with Gasteiger partial charge < -0.3 is 14.6 Å². The first-order valence-corrected chi connectivity index (χ1v) is 10.3. The summed E-state index contributed by atoms with van der Waals surface area (Å²) in [5, 5.41) is 4.15. The van der Waals surface area contributed by atoms with Crippen molar-refractivity contribution >= 4 is 27.7 Å². The molecule has 1 N–H and O–H groups in total. The Bertz CT molecular complexity index is 1210. The number of halogens is 1. The lowest BCUT2D eigenvalue weighted by molar-refractivity contribution is -0.121. The van der Waals surface area contributed by atoms with E-state index in [4.69, 9.17) is 4.74 Å². The second-order valence-corrected chi connectivity index (χ2v) is 7.31. The van der Waals surface area contributed by atoms with Crippen molar-refractivity contribution in [2.45, 2.75) is 19.4 Å². The van der Waals surface area contributed by atoms with Gasteiger partial charge in [-0.15, -0.1) is 0 Å². The molecule has 3 aromatic carbocycles. The number of unbranched alkanes of at least 4 members (excludes halogenated alkanes) is 1. The fourth-order valence-electron chi connectivity index (χ4n) is 3.62. The third-order valence-electron chi connectivity index (χ3n) is 5.16. The maximum Gasteiger partial charge on any atom is 0.239 e. The van der Waals surface area contributed by atoms with Gasteiger partial charge in [0.15, 0.2) is 5.43 Å². The fraction of sp³-hybridized carbons (Fsp3) is 0.200. The smallest absolute Gasteiger partial charge is 0.239 e. The predicted molar refractivity (Wildman–Crippen MR) is 120 cm³/mol. The number of aromatic nitrogens is 1. The van der Waals surface area contributed by atoms with Gasteiger partial charge in [0, 0.05) is 17.3 Å². The highest BCUT2D eigenvalue weighted by Gasteiger charge is 2.12. The number of benzene rings is 3. The molecule has 4 aromatic rings. The van der Waals surface area contributed by atoms with Crippen molar-refractivity contribution in [2.24, 2.45) is 0 Å². The van der Waals surface area contributed by atoms with Gasteiger partial charge in [0.25, 0.3) is 0 Å². The van der Waals surface area contributed by atoms with Gasteiger partial charge in [-0.1, -0.05) is 24.3 Å². The summed E-state index contributed by atoms with van der Waals surface area (Å²) >= 11 is 0. The van der Waals surface area contributed by atoms with Crippen LogP contribution in [0.15, 0.2) is 77.6 Å². The molecule has 6 heteroatoms. The van der Waals surface area contributed by atoms with Crippen LogP contribution in [0.1, 0.15) is 12.8 Å². The van der Waals surface area contributed by atoms with Crippen molar-refractivity contribution in [1.29, 1.82) is 0 Å². The molecule has 1 amide bonds. The van der Waals surface area contributed by atoms with E-state index in [9.17, 15) is 14.0 Å². The van der Waals surface area contributed by atoms with Crippen LogP contribution in [0, 0.1) is 5.82 Å². The van der Waals surface area contributed by atoms with Crippen LogP contribution in [-0.4, -0.2) is 23.6 Å². The number of nitrogens with zero attached hydrogens (tertiary/aromatic N) is 1. The monoisotopic (exact) mass is 418 g/mol. The van der Waals surface area contributed by atoms with Gasteiger partial charge in [-0.05, 0) is 61.4 Å². The molecule has 5 nitrogen and oxygen atoms in total. The second-order valence-electron chi connectivity index (χ2n) is 7.31. The Kier molecular flexibility index (Phi) is 6.26. The van der Waals surface area contributed by atoms with Crippen LogP contribution in [0.25, 0.3) is 21.8 Å². The molecule has 4 rings (SSSR count). The minimum Gasteiger partial charge on any atom is -0.494 e. The molecular weight excluding hydrogens is 395 g/mol. The van der Waals surface area contributed by atoms with E-state index >= 15 is 0 Å². The molecular formula is C25H23FN2O3. The molecule has 31 heavy (non-hydrogen) atoms. The van der Waals surface area contributed by atoms with Gasteiger partial charge in [0.2, 0.25) is 5.91 Å². The summed E-state index contributed by atoms with van der Waals surface area (Å²) in [6.45, 7) is 1.16. The zero-order chi connectivity index (χ0) is 21.6. The highest BCUT2D eigenvalue weighted by atomic mass is 19.1. The van der Waals surface area contributed by atoms with Crippen molar-refractivity contribution in [2.75, 3.05) is 13.2 Å². The Balaban J connectivity index is 1.36. The molecule has 0 radical (unpaired) electrons. The summed E-state index contributed by atoms with van der Waals surface area (Å²) in [6, 6.07) is 20.6. The first kappa shape index (κ1) is 20.6. The van der Waals surface area contributed by atoms with Gasteiger partial charge in [0.1, 0.15) is 18.1 Å². The molecule has 0 fully saturated rings. The highest BCUT2D eigenvalue weighted by molar-refractivity contribution is 5.94. The quantitative estimate of drug-likeness (QED) is 0.343. The lowest BCUT2D eigenvalue weighted by Gasteiger charge is -2.15. The summed E-state index contributed by atoms with van der Waals surface area (Å²) in [7, 11) is 0. The maximum absolute atomic E-state index is 12.9. The van der Waals surface area contributed by atoms with E-state index in [2.05, 4.69) is 5.32 Å². The number of ether oxygens (including phenoxy) is 1. The summed E-state index contributed by atoms with van der Waals surface area (Å²) in [6.07, 6.45) is 1.53. The van der Waals surface area contributed by atoms with E-state index < -0.39 is 0 Å². The van der Waals surface area contributed by atoms with Crippen LogP contribution in [0.2, 0.25) is 0 Å². The number of nitrogens with one attached hydrogen (secondary N) is 1. The Hall–Kier alpha value is -3.67. The normalized spacial score (nSPS) is 11.0. The van der Waals surface area contributed by atoms with E-state index in [-0.39, 0.29) is 23.7 Å². The molecule has 0 saturated carbocycles.